The van der Waals surface area contributed by atoms with Crippen LogP contribution in [0, 0.1) is 0 Å². The summed E-state index contributed by atoms with van der Waals surface area (Å²) in [5.74, 6) is -0.347. The predicted octanol–water partition coefficient (Wildman–Crippen LogP) is 3.88. The number of halogens is 2. The number of pyridine rings is 1. The van der Waals surface area contributed by atoms with Gasteiger partial charge in [-0.1, -0.05) is 23.2 Å². The molecule has 0 atom stereocenters. The number of carboxylic acid groups (broad SMARTS) is 1. The quantitative estimate of drug-likeness (QED) is 0.929. The number of carboxylic acids is 1. The summed E-state index contributed by atoms with van der Waals surface area (Å²) < 4.78 is 5.46. The molecule has 2 aromatic rings. The Kier molecular flexibility index (Phi) is 3.69. The molecule has 0 aliphatic heterocycles. The van der Waals surface area contributed by atoms with Crippen LogP contribution in [0.5, 0.6) is 11.5 Å². The van der Waals surface area contributed by atoms with Crippen LogP contribution in [0.4, 0.5) is 0 Å². The fourth-order valence-electron chi connectivity index (χ4n) is 1.32. The maximum Gasteiger partial charge on any atom is 0.354 e. The fraction of sp³-hybridized carbons (Fsp3) is 0. The number of benzene rings is 1. The van der Waals surface area contributed by atoms with E-state index in [0.29, 0.717) is 21.5 Å². The smallest absolute Gasteiger partial charge is 0.354 e. The minimum atomic E-state index is -1.12. The third-order valence-electron chi connectivity index (χ3n) is 2.02. The van der Waals surface area contributed by atoms with Crippen LogP contribution in [0.2, 0.25) is 10.0 Å². The average molecular weight is 284 g/mol. The van der Waals surface area contributed by atoms with Gasteiger partial charge in [0.15, 0.2) is 5.69 Å². The lowest BCUT2D eigenvalue weighted by atomic mass is 10.3. The molecule has 0 saturated heterocycles. The summed E-state index contributed by atoms with van der Waals surface area (Å²) in [6.45, 7) is 0. The Balaban J connectivity index is 2.28. The third kappa shape index (κ3) is 3.12. The van der Waals surface area contributed by atoms with Crippen molar-refractivity contribution in [3.63, 3.8) is 0 Å². The molecule has 4 nitrogen and oxygen atoms in total. The molecule has 0 spiro atoms. The van der Waals surface area contributed by atoms with Gasteiger partial charge in [-0.15, -0.1) is 0 Å². The largest absolute Gasteiger partial charge is 0.477 e. The molecule has 2 rings (SSSR count). The minimum Gasteiger partial charge on any atom is -0.477 e. The van der Waals surface area contributed by atoms with Crippen LogP contribution in [0.3, 0.4) is 0 Å². The standard InChI is InChI=1S/C12H7Cl2NO3/c13-7-3-8(14)5-10(4-7)18-9-1-2-15-11(6-9)12(16)17/h1-6H,(H,16,17). The molecule has 92 valence electrons. The molecule has 18 heavy (non-hydrogen) atoms. The summed E-state index contributed by atoms with van der Waals surface area (Å²) in [6, 6.07) is 7.59. The molecular weight excluding hydrogens is 277 g/mol. The van der Waals surface area contributed by atoms with Crippen molar-refractivity contribution < 1.29 is 14.6 Å². The van der Waals surface area contributed by atoms with E-state index in [1.165, 1.54) is 12.3 Å². The van der Waals surface area contributed by atoms with Gasteiger partial charge < -0.3 is 9.84 Å². The van der Waals surface area contributed by atoms with Crippen LogP contribution in [0.1, 0.15) is 10.5 Å². The van der Waals surface area contributed by atoms with Crippen molar-refractivity contribution in [1.82, 2.24) is 4.98 Å². The van der Waals surface area contributed by atoms with Crippen molar-refractivity contribution in [2.24, 2.45) is 0 Å². The number of ether oxygens (including phenoxy) is 1. The van der Waals surface area contributed by atoms with Crippen LogP contribution >= 0.6 is 23.2 Å². The lowest BCUT2D eigenvalue weighted by molar-refractivity contribution is 0.0690. The summed E-state index contributed by atoms with van der Waals surface area (Å²) in [4.78, 5) is 14.4. The van der Waals surface area contributed by atoms with Gasteiger partial charge in [-0.25, -0.2) is 9.78 Å². The molecule has 0 aliphatic rings. The second-order valence-corrected chi connectivity index (χ2v) is 4.26. The van der Waals surface area contributed by atoms with E-state index < -0.39 is 5.97 Å². The zero-order valence-electron chi connectivity index (χ0n) is 8.93. The first-order chi connectivity index (χ1) is 8.54. The van der Waals surface area contributed by atoms with E-state index in [1.54, 1.807) is 24.3 Å². The molecule has 0 amide bonds. The van der Waals surface area contributed by atoms with Gasteiger partial charge in [0.05, 0.1) is 0 Å². The van der Waals surface area contributed by atoms with E-state index >= 15 is 0 Å². The van der Waals surface area contributed by atoms with Crippen LogP contribution in [-0.2, 0) is 0 Å². The highest BCUT2D eigenvalue weighted by atomic mass is 35.5. The number of nitrogens with zero attached hydrogens (tertiary/aromatic N) is 1. The first-order valence-electron chi connectivity index (χ1n) is 4.88. The SMILES string of the molecule is O=C(O)c1cc(Oc2cc(Cl)cc(Cl)c2)ccn1. The third-order valence-corrected chi connectivity index (χ3v) is 2.46. The number of carbonyl (C=O) groups is 1. The first kappa shape index (κ1) is 12.7. The normalized spacial score (nSPS) is 10.1. The number of aromatic carboxylic acids is 1. The topological polar surface area (TPSA) is 59.4 Å². The van der Waals surface area contributed by atoms with Gasteiger partial charge in [0, 0.05) is 22.3 Å². The molecule has 0 bridgehead atoms. The minimum absolute atomic E-state index is 0.0966. The Hall–Kier alpha value is -1.78. The van der Waals surface area contributed by atoms with Gasteiger partial charge in [0.25, 0.3) is 0 Å². The van der Waals surface area contributed by atoms with Crippen LogP contribution in [0.15, 0.2) is 36.5 Å². The summed E-state index contributed by atoms with van der Waals surface area (Å²) in [6.07, 6.45) is 1.35. The van der Waals surface area contributed by atoms with Crippen molar-refractivity contribution in [1.29, 1.82) is 0 Å². The van der Waals surface area contributed by atoms with Crippen molar-refractivity contribution in [2.45, 2.75) is 0 Å². The molecule has 1 heterocycles. The second kappa shape index (κ2) is 5.25. The van der Waals surface area contributed by atoms with Gasteiger partial charge in [0.1, 0.15) is 11.5 Å². The Morgan fingerprint density at radius 2 is 1.78 bits per heavy atom. The van der Waals surface area contributed by atoms with Gasteiger partial charge in [-0.05, 0) is 24.3 Å². The lowest BCUT2D eigenvalue weighted by Crippen LogP contribution is -1.99. The monoisotopic (exact) mass is 283 g/mol. The van der Waals surface area contributed by atoms with Crippen molar-refractivity contribution in [3.8, 4) is 11.5 Å². The van der Waals surface area contributed by atoms with E-state index in [0.717, 1.165) is 0 Å². The molecule has 1 aromatic heterocycles. The number of aromatic nitrogens is 1. The Bertz CT molecular complexity index is 581. The number of hydrogen-bond acceptors (Lipinski definition) is 3. The van der Waals surface area contributed by atoms with Gasteiger partial charge in [-0.2, -0.15) is 0 Å². The Morgan fingerprint density at radius 1 is 1.11 bits per heavy atom. The van der Waals surface area contributed by atoms with E-state index in [-0.39, 0.29) is 5.69 Å². The molecule has 1 N–H and O–H groups in total. The van der Waals surface area contributed by atoms with Gasteiger partial charge in [-0.3, -0.25) is 0 Å². The molecular formula is C12H7Cl2NO3. The van der Waals surface area contributed by atoms with Gasteiger partial charge >= 0.3 is 5.97 Å². The predicted molar refractivity (Wildman–Crippen MR) is 67.7 cm³/mol. The summed E-state index contributed by atoms with van der Waals surface area (Å²) in [5, 5.41) is 9.67. The number of hydrogen-bond donors (Lipinski definition) is 1. The second-order valence-electron chi connectivity index (χ2n) is 3.39. The van der Waals surface area contributed by atoms with Crippen LogP contribution in [-0.4, -0.2) is 16.1 Å². The highest BCUT2D eigenvalue weighted by molar-refractivity contribution is 6.34. The van der Waals surface area contributed by atoms with E-state index in [2.05, 4.69) is 4.98 Å². The first-order valence-corrected chi connectivity index (χ1v) is 5.63. The highest BCUT2D eigenvalue weighted by Gasteiger charge is 2.07. The summed E-state index contributed by atoms with van der Waals surface area (Å²) >= 11 is 11.7. The number of rotatable bonds is 3. The maximum absolute atomic E-state index is 10.8. The van der Waals surface area contributed by atoms with Crippen LogP contribution < -0.4 is 4.74 Å². The van der Waals surface area contributed by atoms with E-state index in [9.17, 15) is 4.79 Å². The Labute approximate surface area is 113 Å². The fourth-order valence-corrected chi connectivity index (χ4v) is 1.82. The van der Waals surface area contributed by atoms with Crippen molar-refractivity contribution >= 4 is 29.2 Å². The molecule has 0 fully saturated rings. The zero-order chi connectivity index (χ0) is 13.1. The lowest BCUT2D eigenvalue weighted by Gasteiger charge is -2.06. The van der Waals surface area contributed by atoms with Crippen molar-refractivity contribution in [3.05, 3.63) is 52.3 Å². The van der Waals surface area contributed by atoms with E-state index in [1.807, 2.05) is 0 Å². The molecule has 0 unspecified atom stereocenters. The molecule has 0 aliphatic carbocycles. The average Bonchev–Trinajstić information content (AvgIpc) is 2.27. The molecule has 0 radical (unpaired) electrons. The van der Waals surface area contributed by atoms with Crippen LogP contribution in [0.25, 0.3) is 0 Å². The summed E-state index contributed by atoms with van der Waals surface area (Å²) in [5.41, 5.74) is -0.0966. The molecule has 1 aromatic carbocycles. The maximum atomic E-state index is 10.8. The van der Waals surface area contributed by atoms with Crippen molar-refractivity contribution in [2.75, 3.05) is 0 Å². The Morgan fingerprint density at radius 3 is 2.39 bits per heavy atom. The van der Waals surface area contributed by atoms with Gasteiger partial charge in [0.2, 0.25) is 0 Å². The zero-order valence-corrected chi connectivity index (χ0v) is 10.4. The highest BCUT2D eigenvalue weighted by Crippen LogP contribution is 2.28. The molecule has 6 heteroatoms. The van der Waals surface area contributed by atoms with E-state index in [4.69, 9.17) is 33.0 Å². The summed E-state index contributed by atoms with van der Waals surface area (Å²) in [7, 11) is 0. The molecule has 0 saturated carbocycles.